The number of aryl methyl sites for hydroxylation is 2. The van der Waals surface area contributed by atoms with Crippen LogP contribution < -0.4 is 5.56 Å². The maximum absolute atomic E-state index is 13.6. The number of piperazine rings is 1. The molecule has 4 aromatic rings. The van der Waals surface area contributed by atoms with Crippen LogP contribution in [0.4, 0.5) is 0 Å². The van der Waals surface area contributed by atoms with Crippen LogP contribution >= 0.6 is 0 Å². The largest absolute Gasteiger partial charge is 0.459 e. The quantitative estimate of drug-likeness (QED) is 0.446. The SMILES string of the molecule is Cc1cc(C)c2[nH]c(=O)c([C@@H](c3nnnn3C3CCCC3)N3CCN(C(=O)c4ccco4)CC3)cc2c1. The highest BCUT2D eigenvalue weighted by atomic mass is 16.3. The first-order valence-corrected chi connectivity index (χ1v) is 13.0. The molecule has 1 aliphatic heterocycles. The molecule has 1 saturated heterocycles. The molecule has 37 heavy (non-hydrogen) atoms. The highest BCUT2D eigenvalue weighted by molar-refractivity contribution is 5.91. The molecule has 10 nitrogen and oxygen atoms in total. The predicted molar refractivity (Wildman–Crippen MR) is 137 cm³/mol. The summed E-state index contributed by atoms with van der Waals surface area (Å²) in [7, 11) is 0. The van der Waals surface area contributed by atoms with E-state index in [4.69, 9.17) is 4.42 Å². The molecule has 0 spiro atoms. The number of tetrazole rings is 1. The third kappa shape index (κ3) is 4.35. The smallest absolute Gasteiger partial charge is 0.289 e. The number of aromatic nitrogens is 5. The Kier molecular flexibility index (Phi) is 6.11. The number of hydrogen-bond donors (Lipinski definition) is 1. The van der Waals surface area contributed by atoms with E-state index in [1.807, 2.05) is 17.7 Å². The van der Waals surface area contributed by atoms with Gasteiger partial charge < -0.3 is 14.3 Å². The lowest BCUT2D eigenvalue weighted by Crippen LogP contribution is -2.50. The normalized spacial score (nSPS) is 18.1. The van der Waals surface area contributed by atoms with Gasteiger partial charge >= 0.3 is 0 Å². The first kappa shape index (κ1) is 23.6. The van der Waals surface area contributed by atoms with Gasteiger partial charge in [0.05, 0.1) is 17.8 Å². The highest BCUT2D eigenvalue weighted by Gasteiger charge is 2.35. The van der Waals surface area contributed by atoms with Crippen LogP contribution in [0.1, 0.15) is 70.8 Å². The zero-order valence-corrected chi connectivity index (χ0v) is 21.2. The molecule has 2 aliphatic rings. The number of aromatic amines is 1. The van der Waals surface area contributed by atoms with E-state index in [-0.39, 0.29) is 17.5 Å². The zero-order valence-electron chi connectivity index (χ0n) is 21.2. The van der Waals surface area contributed by atoms with Crippen LogP contribution in [0.15, 0.2) is 45.8 Å². The van der Waals surface area contributed by atoms with Gasteiger partial charge in [-0.1, -0.05) is 24.5 Å². The van der Waals surface area contributed by atoms with Crippen molar-refractivity contribution in [2.24, 2.45) is 0 Å². The first-order valence-electron chi connectivity index (χ1n) is 13.0. The van der Waals surface area contributed by atoms with E-state index in [1.165, 1.54) is 6.26 Å². The van der Waals surface area contributed by atoms with Crippen molar-refractivity contribution in [2.75, 3.05) is 26.2 Å². The lowest BCUT2D eigenvalue weighted by Gasteiger charge is -2.38. The van der Waals surface area contributed by atoms with Crippen molar-refractivity contribution >= 4 is 16.8 Å². The van der Waals surface area contributed by atoms with Crippen molar-refractivity contribution in [3.63, 3.8) is 0 Å². The van der Waals surface area contributed by atoms with Crippen LogP contribution in [-0.4, -0.2) is 67.1 Å². The number of nitrogens with zero attached hydrogens (tertiary/aromatic N) is 6. The molecule has 6 rings (SSSR count). The van der Waals surface area contributed by atoms with Crippen molar-refractivity contribution in [1.29, 1.82) is 0 Å². The standard InChI is InChI=1S/C27H31N7O3/c1-17-14-18(2)23-19(15-17)16-21(26(35)28-23)24(25-29-30-31-34(25)20-6-3-4-7-20)32-9-11-33(12-10-32)27(36)22-8-5-13-37-22/h5,8,13-16,20,24H,3-4,6-7,9-12H2,1-2H3,(H,28,35)/t24-/m0/s1. The third-order valence-electron chi connectivity index (χ3n) is 7.75. The molecule has 4 heterocycles. The van der Waals surface area contributed by atoms with Crippen molar-refractivity contribution in [1.82, 2.24) is 35.0 Å². The number of benzene rings is 1. The van der Waals surface area contributed by atoms with Gasteiger partial charge in [0, 0.05) is 31.7 Å². The minimum Gasteiger partial charge on any atom is -0.459 e. The second-order valence-electron chi connectivity index (χ2n) is 10.2. The van der Waals surface area contributed by atoms with Gasteiger partial charge in [0.2, 0.25) is 0 Å². The molecule has 1 N–H and O–H groups in total. The fourth-order valence-corrected chi connectivity index (χ4v) is 5.93. The molecular formula is C27H31N7O3. The lowest BCUT2D eigenvalue weighted by atomic mass is 10.00. The number of furan rings is 1. The molecule has 1 atom stereocenters. The first-order chi connectivity index (χ1) is 18.0. The number of amides is 1. The van der Waals surface area contributed by atoms with E-state index in [9.17, 15) is 9.59 Å². The molecule has 1 saturated carbocycles. The second kappa shape index (κ2) is 9.59. The van der Waals surface area contributed by atoms with E-state index < -0.39 is 6.04 Å². The lowest BCUT2D eigenvalue weighted by molar-refractivity contribution is 0.0557. The van der Waals surface area contributed by atoms with Crippen LogP contribution in [-0.2, 0) is 0 Å². The summed E-state index contributed by atoms with van der Waals surface area (Å²) in [5.41, 5.74) is 3.51. The summed E-state index contributed by atoms with van der Waals surface area (Å²) in [5, 5.41) is 13.9. The van der Waals surface area contributed by atoms with Gasteiger partial charge in [-0.25, -0.2) is 4.68 Å². The summed E-state index contributed by atoms with van der Waals surface area (Å²) in [6.07, 6.45) is 5.87. The van der Waals surface area contributed by atoms with Gasteiger partial charge in [0.25, 0.3) is 11.5 Å². The minimum absolute atomic E-state index is 0.119. The summed E-state index contributed by atoms with van der Waals surface area (Å²) < 4.78 is 7.25. The number of carbonyl (C=O) groups excluding carboxylic acids is 1. The van der Waals surface area contributed by atoms with E-state index in [1.54, 1.807) is 17.0 Å². The Morgan fingerprint density at radius 3 is 2.62 bits per heavy atom. The van der Waals surface area contributed by atoms with Gasteiger partial charge in [0.1, 0.15) is 6.04 Å². The second-order valence-corrected chi connectivity index (χ2v) is 10.2. The Hall–Kier alpha value is -3.79. The summed E-state index contributed by atoms with van der Waals surface area (Å²) >= 11 is 0. The fraction of sp³-hybridized carbons (Fsp3) is 0.444. The molecule has 10 heteroatoms. The molecule has 3 aromatic heterocycles. The van der Waals surface area contributed by atoms with Crippen molar-refractivity contribution in [3.8, 4) is 0 Å². The van der Waals surface area contributed by atoms with Crippen LogP contribution in [0.3, 0.4) is 0 Å². The van der Waals surface area contributed by atoms with Gasteiger partial charge in [-0.2, -0.15) is 0 Å². The molecule has 0 bridgehead atoms. The topological polar surface area (TPSA) is 113 Å². The summed E-state index contributed by atoms with van der Waals surface area (Å²) in [4.78, 5) is 33.6. The van der Waals surface area contributed by atoms with Gasteiger partial charge in [-0.05, 0) is 72.3 Å². The number of pyridine rings is 1. The van der Waals surface area contributed by atoms with Crippen LogP contribution in [0.5, 0.6) is 0 Å². The molecule has 2 fully saturated rings. The van der Waals surface area contributed by atoms with E-state index in [2.05, 4.69) is 44.5 Å². The number of rotatable bonds is 5. The van der Waals surface area contributed by atoms with Crippen LogP contribution in [0.25, 0.3) is 10.9 Å². The average Bonchev–Trinajstić information content (AvgIpc) is 3.68. The minimum atomic E-state index is -0.426. The Morgan fingerprint density at radius 2 is 1.89 bits per heavy atom. The fourth-order valence-electron chi connectivity index (χ4n) is 5.93. The number of hydrogen-bond acceptors (Lipinski definition) is 7. The molecule has 1 amide bonds. The van der Waals surface area contributed by atoms with E-state index >= 15 is 0 Å². The van der Waals surface area contributed by atoms with Crippen molar-refractivity contribution in [2.45, 2.75) is 51.6 Å². The van der Waals surface area contributed by atoms with Gasteiger partial charge in [-0.3, -0.25) is 14.5 Å². The number of H-pyrrole nitrogens is 1. The van der Waals surface area contributed by atoms with E-state index in [0.29, 0.717) is 43.3 Å². The molecule has 0 radical (unpaired) electrons. The molecule has 0 unspecified atom stereocenters. The predicted octanol–water partition coefficient (Wildman–Crippen LogP) is 3.39. The Morgan fingerprint density at radius 1 is 1.11 bits per heavy atom. The van der Waals surface area contributed by atoms with Crippen molar-refractivity contribution in [3.05, 3.63) is 75.2 Å². The maximum Gasteiger partial charge on any atom is 0.289 e. The monoisotopic (exact) mass is 501 g/mol. The van der Waals surface area contributed by atoms with Crippen LogP contribution in [0, 0.1) is 13.8 Å². The molecular weight excluding hydrogens is 470 g/mol. The van der Waals surface area contributed by atoms with Crippen molar-refractivity contribution < 1.29 is 9.21 Å². The Bertz CT molecular complexity index is 1480. The van der Waals surface area contributed by atoms with Gasteiger partial charge in [0.15, 0.2) is 11.6 Å². The highest BCUT2D eigenvalue weighted by Crippen LogP contribution is 2.34. The number of carbonyl (C=O) groups is 1. The molecule has 1 aromatic carbocycles. The zero-order chi connectivity index (χ0) is 25.5. The Labute approximate surface area is 214 Å². The summed E-state index contributed by atoms with van der Waals surface area (Å²) in [6.45, 7) is 6.27. The number of fused-ring (bicyclic) bond motifs is 1. The van der Waals surface area contributed by atoms with Gasteiger partial charge in [-0.15, -0.1) is 5.10 Å². The number of nitrogens with one attached hydrogen (secondary N) is 1. The summed E-state index contributed by atoms with van der Waals surface area (Å²) in [6, 6.07) is 9.38. The average molecular weight is 502 g/mol. The molecule has 192 valence electrons. The molecule has 1 aliphatic carbocycles. The maximum atomic E-state index is 13.6. The Balaban J connectivity index is 1.39. The van der Waals surface area contributed by atoms with E-state index in [0.717, 1.165) is 47.7 Å². The third-order valence-corrected chi connectivity index (χ3v) is 7.75. The summed E-state index contributed by atoms with van der Waals surface area (Å²) in [5.74, 6) is 0.908. The van der Waals surface area contributed by atoms with Crippen LogP contribution in [0.2, 0.25) is 0 Å².